The van der Waals surface area contributed by atoms with E-state index < -0.39 is 59.6 Å². The number of benzene rings is 10. The van der Waals surface area contributed by atoms with Crippen molar-refractivity contribution in [2.24, 2.45) is 15.9 Å². The van der Waals surface area contributed by atoms with Crippen molar-refractivity contribution in [3.05, 3.63) is 363 Å². The van der Waals surface area contributed by atoms with E-state index in [0.717, 1.165) is 78.9 Å². The summed E-state index contributed by atoms with van der Waals surface area (Å²) in [7, 11) is 0. The van der Waals surface area contributed by atoms with Crippen molar-refractivity contribution < 1.29 is 73.5 Å². The minimum Gasteiger partial charge on any atom is -0.665 e. The molecule has 0 fully saturated rings. The van der Waals surface area contributed by atoms with Crippen molar-refractivity contribution in [1.29, 1.82) is 0 Å². The Morgan fingerprint density at radius 1 is 0.371 bits per heavy atom. The maximum Gasteiger partial charge on any atom is 0.144 e. The first kappa shape index (κ1) is 107. The second kappa shape index (κ2) is 52.1. The van der Waals surface area contributed by atoms with Gasteiger partial charge in [0, 0.05) is 11.1 Å². The number of hydrogen-bond donors (Lipinski definition) is 3. The summed E-state index contributed by atoms with van der Waals surface area (Å²) in [6.07, 6.45) is 0. The molecular formula is C105H120Br2Cl4FMoN6O3W2-3. The van der Waals surface area contributed by atoms with Crippen molar-refractivity contribution in [2.75, 3.05) is 0 Å². The summed E-state index contributed by atoms with van der Waals surface area (Å²) in [5, 5.41) is 32.4. The zero-order chi connectivity index (χ0) is 92.3. The van der Waals surface area contributed by atoms with Gasteiger partial charge in [-0.25, -0.2) is 4.39 Å². The first-order valence-corrected chi connectivity index (χ1v) is 51.9. The molecule has 3 heterocycles. The number of hydrogen-bond acceptors (Lipinski definition) is 6. The van der Waals surface area contributed by atoms with Gasteiger partial charge >= 0.3 is 403 Å². The molecule has 0 amide bonds. The molecule has 0 aliphatic carbocycles. The van der Waals surface area contributed by atoms with Gasteiger partial charge in [-0.05, 0) is 77.1 Å². The zero-order valence-corrected chi connectivity index (χ0v) is 89.7. The molecule has 0 spiro atoms. The van der Waals surface area contributed by atoms with Gasteiger partial charge < -0.3 is 30.3 Å². The number of aryl methyl sites for hydroxylation is 6. The maximum atomic E-state index is 12.4. The minimum atomic E-state index is -1.01. The van der Waals surface area contributed by atoms with Gasteiger partial charge in [0.1, 0.15) is 23.1 Å². The molecule has 13 rings (SSSR count). The Kier molecular flexibility index (Phi) is 45.0. The molecule has 10 aromatic carbocycles. The molecule has 9 nitrogen and oxygen atoms in total. The normalized spacial score (nSPS) is 10.9. The molecule has 124 heavy (non-hydrogen) atoms. The Hall–Kier alpha value is -7.44. The monoisotopic (exact) mass is 2300 g/mol. The molecular weight excluding hydrogens is 2180 g/mol. The SMILES string of the molecule is CC(C)(C)[CH]=[W]=[N]c1c(Cl)cccc1Cl.CC(C)(C)c1cccc(-c2ccccc2)c1O.CC(C)(C)c1cccc(-c2ccccc2)c1O.CC(C)([CH]=[W]=[N]c1c(Cl)cccc1Cl)c1ccccc1.CC(C)c1cccc(C(C)C)c1[N]=[Mo]=[CH]C(C)(C)c1ccccc1.Cc1ccc(C)[n-]1.Cc1ccc(C)[n-]1.Cc1ccc(C)[n-]1.Oc1c(Br)cc(F)cc1Br. The van der Waals surface area contributed by atoms with E-state index in [2.05, 4.69) is 258 Å². The molecule has 0 unspecified atom stereocenters. The third-order valence-electron chi connectivity index (χ3n) is 18.4. The van der Waals surface area contributed by atoms with Gasteiger partial charge in [0.25, 0.3) is 0 Å². The van der Waals surface area contributed by atoms with E-state index in [-0.39, 0.29) is 32.8 Å². The molecule has 0 aliphatic rings. The van der Waals surface area contributed by atoms with Crippen LogP contribution in [0.25, 0.3) is 22.3 Å². The summed E-state index contributed by atoms with van der Waals surface area (Å²) < 4.78 is 34.6. The van der Waals surface area contributed by atoms with Crippen LogP contribution in [0, 0.1) is 52.8 Å². The zero-order valence-electron chi connectivity index (χ0n) is 75.6. The fraction of sp³-hybridized carbons (Fsp3) is 0.286. The Balaban J connectivity index is 0.000000255. The van der Waals surface area contributed by atoms with Gasteiger partial charge in [-0.1, -0.05) is 217 Å². The number of para-hydroxylation sites is 2. The number of rotatable bonds is 11. The Bertz CT molecular complexity index is 5370. The molecule has 658 valence electrons. The third kappa shape index (κ3) is 37.5. The second-order valence-electron chi connectivity index (χ2n) is 34.3. The van der Waals surface area contributed by atoms with E-state index in [1.165, 1.54) is 40.1 Å². The molecule has 0 radical (unpaired) electrons. The van der Waals surface area contributed by atoms with Gasteiger partial charge in [-0.3, -0.25) is 0 Å². The van der Waals surface area contributed by atoms with E-state index in [0.29, 0.717) is 52.4 Å². The average Bonchev–Trinajstić information content (AvgIpc) is 0.864. The quantitative estimate of drug-likeness (QED) is 0.110. The van der Waals surface area contributed by atoms with Crippen molar-refractivity contribution in [3.8, 4) is 39.5 Å². The van der Waals surface area contributed by atoms with Crippen LogP contribution in [0.15, 0.2) is 280 Å². The minimum absolute atomic E-state index is 0.0152. The third-order valence-corrected chi connectivity index (χ3v) is 30.7. The van der Waals surface area contributed by atoms with Gasteiger partial charge in [-0.15, -0.1) is 0 Å². The van der Waals surface area contributed by atoms with Crippen LogP contribution in [0.2, 0.25) is 20.1 Å². The number of aromatic nitrogens is 3. The smallest absolute Gasteiger partial charge is 0.144 e. The van der Waals surface area contributed by atoms with E-state index in [1.54, 1.807) is 0 Å². The molecule has 13 aromatic rings. The maximum absolute atomic E-state index is 12.4. The van der Waals surface area contributed by atoms with Crippen LogP contribution >= 0.6 is 78.3 Å². The van der Waals surface area contributed by atoms with Crippen LogP contribution < -0.4 is 15.0 Å². The number of halogens is 7. The van der Waals surface area contributed by atoms with Crippen LogP contribution in [0.1, 0.15) is 197 Å². The van der Waals surface area contributed by atoms with Crippen LogP contribution in [0.3, 0.4) is 0 Å². The Morgan fingerprint density at radius 3 is 0.968 bits per heavy atom. The topological polar surface area (TPSA) is 140 Å². The average molecular weight is 2300 g/mol. The summed E-state index contributed by atoms with van der Waals surface area (Å²) in [5.74, 6) is 1.43. The van der Waals surface area contributed by atoms with E-state index in [4.69, 9.17) is 55.0 Å². The molecule has 0 bridgehead atoms. The summed E-state index contributed by atoms with van der Waals surface area (Å²) in [4.78, 5) is 12.3. The largest absolute Gasteiger partial charge is 0.665 e. The summed E-state index contributed by atoms with van der Waals surface area (Å²) in [6.45, 7) is 49.2. The first-order valence-electron chi connectivity index (χ1n) is 40.8. The first-order chi connectivity index (χ1) is 58.2. The van der Waals surface area contributed by atoms with Gasteiger partial charge in [0.15, 0.2) is 0 Å². The van der Waals surface area contributed by atoms with Crippen molar-refractivity contribution in [1.82, 2.24) is 15.0 Å². The number of aromatic hydroxyl groups is 3. The number of phenolic OH excluding ortho intramolecular Hbond substituents is 3. The van der Waals surface area contributed by atoms with Crippen LogP contribution in [0.5, 0.6) is 17.2 Å². The second-order valence-corrected chi connectivity index (χ2v) is 43.7. The number of phenols is 3. The van der Waals surface area contributed by atoms with Crippen LogP contribution in [-0.2, 0) is 75.4 Å². The van der Waals surface area contributed by atoms with Crippen LogP contribution in [-0.4, -0.2) is 28.5 Å². The standard InChI is InChI=1S/2C16H18O.C12H17N.2C10H12.C6H3Br2FO.2C6H3Cl2N.3C6H8N.C5H10.Mo.2W/c2*1-16(2,3)14-11-7-10-13(15(14)17)12-8-5-4-6-9-12;1-8(2)10-6-5-7-11(9(3)4)12(10)13;2*1-10(2,3)9-7-5-4-6-8-9;7-4-1-3(9)2-5(8)6(4)10;2*7-4-2-1-3-5(8)6(4)9;3*1-5-3-4-6(2)7-5;1-5(2,3)4;;;/h2*4-11,17H,1-3H3;5-9H,1-4H3;2*1,4-8H,2-3H3;1-2,10H;2*1-3H;3*3-4H,1-2H3;1H,2-4H3;;;/q;;;;;;;;3*-1;;;;. The van der Waals surface area contributed by atoms with E-state index >= 15 is 0 Å². The molecule has 0 saturated carbocycles. The number of nitrogens with zero attached hydrogens (tertiary/aromatic N) is 6. The molecule has 3 N–H and O–H groups in total. The molecule has 0 aliphatic heterocycles. The van der Waals surface area contributed by atoms with E-state index in [9.17, 15) is 14.6 Å². The van der Waals surface area contributed by atoms with Crippen molar-refractivity contribution >= 4 is 109 Å². The van der Waals surface area contributed by atoms with Crippen LogP contribution in [0.4, 0.5) is 21.5 Å². The predicted molar refractivity (Wildman–Crippen MR) is 526 cm³/mol. The summed E-state index contributed by atoms with van der Waals surface area (Å²) in [6, 6.07) is 85.2. The van der Waals surface area contributed by atoms with Crippen molar-refractivity contribution in [3.63, 3.8) is 0 Å². The summed E-state index contributed by atoms with van der Waals surface area (Å²) in [5.41, 5.74) is 21.0. The van der Waals surface area contributed by atoms with E-state index in [1.807, 2.05) is 217 Å². The van der Waals surface area contributed by atoms with Gasteiger partial charge in [-0.2, -0.15) is 34.2 Å². The fourth-order valence-electron chi connectivity index (χ4n) is 11.6. The fourth-order valence-corrected chi connectivity index (χ4v) is 21.5. The Morgan fingerprint density at radius 2 is 0.669 bits per heavy atom. The Labute approximate surface area is 800 Å². The van der Waals surface area contributed by atoms with Crippen molar-refractivity contribution in [2.45, 2.75) is 193 Å². The van der Waals surface area contributed by atoms with Gasteiger partial charge in [0.2, 0.25) is 0 Å². The molecule has 0 saturated heterocycles. The predicted octanol–water partition coefficient (Wildman–Crippen LogP) is 32.6. The molecule has 0 atom stereocenters. The molecule has 19 heteroatoms. The van der Waals surface area contributed by atoms with Gasteiger partial charge in [0.05, 0.1) is 8.95 Å². The summed E-state index contributed by atoms with van der Waals surface area (Å²) >= 11 is 27.8. The molecule has 3 aromatic heterocycles.